The highest BCUT2D eigenvalue weighted by Gasteiger charge is 2.29. The van der Waals surface area contributed by atoms with E-state index in [0.29, 0.717) is 43.4 Å². The second kappa shape index (κ2) is 8.90. The van der Waals surface area contributed by atoms with Gasteiger partial charge >= 0.3 is 0 Å². The van der Waals surface area contributed by atoms with Gasteiger partial charge in [0.15, 0.2) is 11.5 Å². The van der Waals surface area contributed by atoms with Crippen molar-refractivity contribution >= 4 is 28.5 Å². The van der Waals surface area contributed by atoms with Crippen molar-refractivity contribution in [2.45, 2.75) is 32.2 Å². The van der Waals surface area contributed by atoms with Gasteiger partial charge in [0.1, 0.15) is 25.6 Å². The summed E-state index contributed by atoms with van der Waals surface area (Å²) < 4.78 is 13.1. The van der Waals surface area contributed by atoms with Crippen molar-refractivity contribution in [2.24, 2.45) is 5.92 Å². The number of aromatic nitrogens is 2. The molecule has 1 aromatic heterocycles. The smallest absolute Gasteiger partial charge is 0.244 e. The lowest BCUT2D eigenvalue weighted by Gasteiger charge is -2.19. The van der Waals surface area contributed by atoms with Crippen LogP contribution in [-0.4, -0.2) is 41.1 Å². The molecule has 3 aromatic rings. The summed E-state index contributed by atoms with van der Waals surface area (Å²) in [4.78, 5) is 29.4. The molecule has 5 rings (SSSR count). The lowest BCUT2D eigenvalue weighted by Crippen LogP contribution is -2.26. The maximum atomic E-state index is 12.9. The van der Waals surface area contributed by atoms with E-state index in [1.54, 1.807) is 18.2 Å². The summed E-state index contributed by atoms with van der Waals surface area (Å²) in [5, 5.41) is 5.93. The Kier molecular flexibility index (Phi) is 5.66. The molecule has 1 aliphatic heterocycles. The van der Waals surface area contributed by atoms with Gasteiger partial charge in [-0.05, 0) is 43.5 Å². The Morgan fingerprint density at radius 2 is 1.88 bits per heavy atom. The topological polar surface area (TPSA) is 94.5 Å². The van der Waals surface area contributed by atoms with Gasteiger partial charge in [0.2, 0.25) is 11.8 Å². The molecule has 2 N–H and O–H groups in total. The Morgan fingerprint density at radius 3 is 2.72 bits per heavy atom. The van der Waals surface area contributed by atoms with Crippen LogP contribution in [0.1, 0.15) is 25.1 Å². The molecule has 166 valence electrons. The van der Waals surface area contributed by atoms with Gasteiger partial charge in [-0.15, -0.1) is 0 Å². The molecule has 2 heterocycles. The number of fused-ring (bicyclic) bond motifs is 2. The molecule has 0 unspecified atom stereocenters. The monoisotopic (exact) mass is 434 g/mol. The number of ether oxygens (including phenoxy) is 2. The van der Waals surface area contributed by atoms with E-state index in [-0.39, 0.29) is 24.3 Å². The first kappa shape index (κ1) is 20.4. The van der Waals surface area contributed by atoms with Crippen molar-refractivity contribution in [3.05, 3.63) is 48.3 Å². The lowest BCUT2D eigenvalue weighted by molar-refractivity contribution is -0.122. The van der Waals surface area contributed by atoms with Gasteiger partial charge in [0.25, 0.3) is 0 Å². The number of hydrogen-bond donors (Lipinski definition) is 2. The van der Waals surface area contributed by atoms with Gasteiger partial charge in [0.05, 0.1) is 11.0 Å². The molecule has 2 aliphatic rings. The van der Waals surface area contributed by atoms with Crippen molar-refractivity contribution in [1.29, 1.82) is 0 Å². The number of anilines is 1. The number of aryl methyl sites for hydroxylation is 1. The second-order valence-electron chi connectivity index (χ2n) is 8.18. The number of carbonyl (C=O) groups excluding carboxylic acids is 2. The molecule has 8 heteroatoms. The quantitative estimate of drug-likeness (QED) is 0.532. The van der Waals surface area contributed by atoms with E-state index in [0.717, 1.165) is 36.1 Å². The van der Waals surface area contributed by atoms with Crippen LogP contribution in [0.2, 0.25) is 0 Å². The summed E-state index contributed by atoms with van der Waals surface area (Å²) >= 11 is 0. The van der Waals surface area contributed by atoms with E-state index < -0.39 is 0 Å². The SMILES string of the molecule is O=C(Cn1c(CCCNC(=O)C2CC2)nc2ccccc21)Nc1ccc2c(c1)OCCO2. The van der Waals surface area contributed by atoms with Crippen LogP contribution in [0.4, 0.5) is 5.69 Å². The number of rotatable bonds is 8. The molecule has 0 saturated heterocycles. The van der Waals surface area contributed by atoms with Crippen LogP contribution >= 0.6 is 0 Å². The molecule has 1 fully saturated rings. The Morgan fingerprint density at radius 1 is 1.06 bits per heavy atom. The number of nitrogens with one attached hydrogen (secondary N) is 2. The van der Waals surface area contributed by atoms with E-state index in [1.807, 2.05) is 28.8 Å². The van der Waals surface area contributed by atoms with Crippen LogP contribution in [0.25, 0.3) is 11.0 Å². The molecule has 0 spiro atoms. The Bertz CT molecular complexity index is 1150. The molecule has 1 saturated carbocycles. The first-order valence-corrected chi connectivity index (χ1v) is 11.1. The first-order chi connectivity index (χ1) is 15.7. The maximum Gasteiger partial charge on any atom is 0.244 e. The number of carbonyl (C=O) groups is 2. The van der Waals surface area contributed by atoms with E-state index >= 15 is 0 Å². The fourth-order valence-corrected chi connectivity index (χ4v) is 3.91. The zero-order chi connectivity index (χ0) is 21.9. The zero-order valence-electron chi connectivity index (χ0n) is 17.8. The van der Waals surface area contributed by atoms with Gasteiger partial charge in [-0.25, -0.2) is 4.98 Å². The predicted molar refractivity (Wildman–Crippen MR) is 120 cm³/mol. The lowest BCUT2D eigenvalue weighted by atomic mass is 10.2. The van der Waals surface area contributed by atoms with Crippen LogP contribution in [0.5, 0.6) is 11.5 Å². The highest BCUT2D eigenvalue weighted by molar-refractivity contribution is 5.92. The van der Waals surface area contributed by atoms with E-state index in [2.05, 4.69) is 10.6 Å². The largest absolute Gasteiger partial charge is 0.486 e. The van der Waals surface area contributed by atoms with Crippen molar-refractivity contribution < 1.29 is 19.1 Å². The number of hydrogen-bond acceptors (Lipinski definition) is 5. The van der Waals surface area contributed by atoms with Crippen LogP contribution in [0.3, 0.4) is 0 Å². The van der Waals surface area contributed by atoms with Crippen molar-refractivity contribution in [3.8, 4) is 11.5 Å². The summed E-state index contributed by atoms with van der Waals surface area (Å²) in [5.74, 6) is 2.38. The predicted octanol–water partition coefficient (Wildman–Crippen LogP) is 2.91. The number of nitrogens with zero attached hydrogens (tertiary/aromatic N) is 2. The number of amides is 2. The summed E-state index contributed by atoms with van der Waals surface area (Å²) in [6.07, 6.45) is 3.45. The summed E-state index contributed by atoms with van der Waals surface area (Å²) in [7, 11) is 0. The van der Waals surface area contributed by atoms with Crippen LogP contribution in [0, 0.1) is 5.92 Å². The minimum Gasteiger partial charge on any atom is -0.486 e. The molecular weight excluding hydrogens is 408 g/mol. The molecule has 8 nitrogen and oxygen atoms in total. The molecule has 1 aliphatic carbocycles. The fourth-order valence-electron chi connectivity index (χ4n) is 3.91. The molecule has 2 amide bonds. The molecule has 0 atom stereocenters. The van der Waals surface area contributed by atoms with E-state index in [4.69, 9.17) is 14.5 Å². The zero-order valence-corrected chi connectivity index (χ0v) is 17.8. The van der Waals surface area contributed by atoms with Gasteiger partial charge in [-0.1, -0.05) is 12.1 Å². The third-order valence-corrected chi connectivity index (χ3v) is 5.69. The Labute approximate surface area is 185 Å². The van der Waals surface area contributed by atoms with E-state index in [1.165, 1.54) is 0 Å². The van der Waals surface area contributed by atoms with E-state index in [9.17, 15) is 9.59 Å². The van der Waals surface area contributed by atoms with Gasteiger partial charge < -0.3 is 24.7 Å². The van der Waals surface area contributed by atoms with Crippen molar-refractivity contribution in [2.75, 3.05) is 25.1 Å². The van der Waals surface area contributed by atoms with Gasteiger partial charge in [0, 0.05) is 30.6 Å². The van der Waals surface area contributed by atoms with Gasteiger partial charge in [-0.2, -0.15) is 0 Å². The Hall–Kier alpha value is -3.55. The average Bonchev–Trinajstić information content (AvgIpc) is 3.60. The molecule has 0 radical (unpaired) electrons. The molecule has 32 heavy (non-hydrogen) atoms. The minimum atomic E-state index is -0.145. The van der Waals surface area contributed by atoms with Crippen molar-refractivity contribution in [3.63, 3.8) is 0 Å². The highest BCUT2D eigenvalue weighted by Crippen LogP contribution is 2.32. The average molecular weight is 434 g/mol. The number of benzene rings is 2. The van der Waals surface area contributed by atoms with Crippen LogP contribution < -0.4 is 20.1 Å². The third-order valence-electron chi connectivity index (χ3n) is 5.69. The first-order valence-electron chi connectivity index (χ1n) is 11.1. The van der Waals surface area contributed by atoms with Gasteiger partial charge in [-0.3, -0.25) is 9.59 Å². The maximum absolute atomic E-state index is 12.9. The molecule has 2 aromatic carbocycles. The standard InChI is InChI=1S/C24H26N4O4/c29-23(26-17-9-10-20-21(14-17)32-13-12-31-20)15-28-19-5-2-1-4-18(19)27-22(28)6-3-11-25-24(30)16-7-8-16/h1-2,4-5,9-10,14,16H,3,6-8,11-13,15H2,(H,25,30)(H,26,29). The number of imidazole rings is 1. The Balaban J connectivity index is 1.26. The normalized spacial score (nSPS) is 14.9. The van der Waals surface area contributed by atoms with Crippen molar-refractivity contribution in [1.82, 2.24) is 14.9 Å². The summed E-state index contributed by atoms with van der Waals surface area (Å²) in [6, 6.07) is 13.2. The second-order valence-corrected chi connectivity index (χ2v) is 8.18. The summed E-state index contributed by atoms with van der Waals surface area (Å²) in [6.45, 7) is 1.79. The van der Waals surface area contributed by atoms with Crippen LogP contribution in [0.15, 0.2) is 42.5 Å². The molecule has 0 bridgehead atoms. The number of para-hydroxylation sites is 2. The molecular formula is C24H26N4O4. The third kappa shape index (κ3) is 4.54. The highest BCUT2D eigenvalue weighted by atomic mass is 16.6. The fraction of sp³-hybridized carbons (Fsp3) is 0.375. The summed E-state index contributed by atoms with van der Waals surface area (Å²) in [5.41, 5.74) is 2.44. The minimum absolute atomic E-state index is 0.145. The van der Waals surface area contributed by atoms with Crippen LogP contribution in [-0.2, 0) is 22.6 Å².